The lowest BCUT2D eigenvalue weighted by molar-refractivity contribution is -0.0913. The van der Waals surface area contributed by atoms with Gasteiger partial charge in [-0.2, -0.15) is 4.31 Å². The Morgan fingerprint density at radius 1 is 1.10 bits per heavy atom. The Balaban J connectivity index is 1.89. The van der Waals surface area contributed by atoms with Gasteiger partial charge >= 0.3 is 0 Å². The molecule has 5 nitrogen and oxygen atoms in total. The van der Waals surface area contributed by atoms with Crippen molar-refractivity contribution in [2.24, 2.45) is 0 Å². The number of ether oxygens (including phenoxy) is 2. The van der Waals surface area contributed by atoms with Crippen LogP contribution < -0.4 is 0 Å². The normalized spacial score (nSPS) is 25.3. The SMILES string of the molecule is O=S(=O)(c1ccc(Cl)cc1)N1CCCCC1C1OCCO1. The summed E-state index contributed by atoms with van der Waals surface area (Å²) < 4.78 is 38.2. The van der Waals surface area contributed by atoms with Crippen LogP contribution in [0.4, 0.5) is 0 Å². The molecule has 1 unspecified atom stereocenters. The van der Waals surface area contributed by atoms with Gasteiger partial charge in [0.15, 0.2) is 6.29 Å². The van der Waals surface area contributed by atoms with Crippen LogP contribution in [0.1, 0.15) is 19.3 Å². The van der Waals surface area contributed by atoms with Gasteiger partial charge in [-0.3, -0.25) is 0 Å². The fourth-order valence-corrected chi connectivity index (χ4v) is 4.65. The average molecular weight is 332 g/mol. The number of benzene rings is 1. The molecule has 0 spiro atoms. The Labute approximate surface area is 129 Å². The van der Waals surface area contributed by atoms with Crippen molar-refractivity contribution in [3.63, 3.8) is 0 Å². The van der Waals surface area contributed by atoms with Crippen LogP contribution in [0.2, 0.25) is 5.02 Å². The molecule has 116 valence electrons. The second-order valence-corrected chi connectivity index (χ2v) is 7.57. The van der Waals surface area contributed by atoms with Gasteiger partial charge in [-0.1, -0.05) is 18.0 Å². The van der Waals surface area contributed by atoms with E-state index in [1.165, 1.54) is 4.31 Å². The van der Waals surface area contributed by atoms with E-state index in [2.05, 4.69) is 0 Å². The molecule has 1 aromatic rings. The number of hydrogen-bond acceptors (Lipinski definition) is 4. The number of sulfonamides is 1. The summed E-state index contributed by atoms with van der Waals surface area (Å²) in [6, 6.07) is 6.02. The van der Waals surface area contributed by atoms with Gasteiger partial charge in [-0.15, -0.1) is 0 Å². The molecule has 0 aromatic heterocycles. The van der Waals surface area contributed by atoms with Crippen LogP contribution in [0.3, 0.4) is 0 Å². The molecule has 3 rings (SSSR count). The molecule has 21 heavy (non-hydrogen) atoms. The van der Waals surface area contributed by atoms with Crippen molar-refractivity contribution >= 4 is 21.6 Å². The number of rotatable bonds is 3. The number of piperidine rings is 1. The third-order valence-corrected chi connectivity index (χ3v) is 6.07. The molecule has 1 atom stereocenters. The van der Waals surface area contributed by atoms with Gasteiger partial charge in [0.1, 0.15) is 0 Å². The van der Waals surface area contributed by atoms with Gasteiger partial charge in [0.05, 0.1) is 24.2 Å². The number of nitrogens with zero attached hydrogens (tertiary/aromatic N) is 1. The molecule has 2 aliphatic heterocycles. The van der Waals surface area contributed by atoms with Gasteiger partial charge in [0, 0.05) is 11.6 Å². The summed E-state index contributed by atoms with van der Waals surface area (Å²) in [7, 11) is -3.55. The van der Waals surface area contributed by atoms with E-state index in [0.29, 0.717) is 24.8 Å². The maximum Gasteiger partial charge on any atom is 0.243 e. The lowest BCUT2D eigenvalue weighted by Gasteiger charge is -2.36. The maximum atomic E-state index is 12.8. The van der Waals surface area contributed by atoms with Crippen LogP contribution in [0.5, 0.6) is 0 Å². The lowest BCUT2D eigenvalue weighted by atomic mass is 10.0. The van der Waals surface area contributed by atoms with Crippen LogP contribution in [0.15, 0.2) is 29.2 Å². The molecule has 2 fully saturated rings. The lowest BCUT2D eigenvalue weighted by Crippen LogP contribution is -2.50. The highest BCUT2D eigenvalue weighted by Gasteiger charge is 2.40. The van der Waals surface area contributed by atoms with Crippen molar-refractivity contribution in [2.45, 2.75) is 36.5 Å². The minimum absolute atomic E-state index is 0.248. The first kappa shape index (κ1) is 15.2. The number of halogens is 1. The van der Waals surface area contributed by atoms with E-state index in [4.69, 9.17) is 21.1 Å². The first-order valence-electron chi connectivity index (χ1n) is 7.10. The molecule has 0 amide bonds. The van der Waals surface area contributed by atoms with Crippen LogP contribution in [0, 0.1) is 0 Å². The van der Waals surface area contributed by atoms with Gasteiger partial charge in [-0.25, -0.2) is 8.42 Å². The van der Waals surface area contributed by atoms with Crippen molar-refractivity contribution in [1.29, 1.82) is 0 Å². The van der Waals surface area contributed by atoms with Crippen molar-refractivity contribution < 1.29 is 17.9 Å². The minimum Gasteiger partial charge on any atom is -0.349 e. The molecule has 2 aliphatic rings. The highest BCUT2D eigenvalue weighted by atomic mass is 35.5. The predicted octanol–water partition coefficient (Wildman–Crippen LogP) is 2.26. The molecule has 2 heterocycles. The zero-order valence-electron chi connectivity index (χ0n) is 11.6. The largest absolute Gasteiger partial charge is 0.349 e. The monoisotopic (exact) mass is 331 g/mol. The van der Waals surface area contributed by atoms with Crippen molar-refractivity contribution in [1.82, 2.24) is 4.31 Å². The molecular formula is C14H18ClNO4S. The Morgan fingerprint density at radius 3 is 2.43 bits per heavy atom. The third-order valence-electron chi connectivity index (χ3n) is 3.88. The Morgan fingerprint density at radius 2 is 1.76 bits per heavy atom. The van der Waals surface area contributed by atoms with Crippen LogP contribution in [-0.2, 0) is 19.5 Å². The molecular weight excluding hydrogens is 314 g/mol. The minimum atomic E-state index is -3.55. The van der Waals surface area contributed by atoms with E-state index in [0.717, 1.165) is 19.3 Å². The predicted molar refractivity (Wildman–Crippen MR) is 78.7 cm³/mol. The summed E-state index contributed by atoms with van der Waals surface area (Å²) in [5.41, 5.74) is 0. The topological polar surface area (TPSA) is 55.8 Å². The van der Waals surface area contributed by atoms with E-state index < -0.39 is 16.3 Å². The molecule has 7 heteroatoms. The maximum absolute atomic E-state index is 12.8. The molecule has 0 N–H and O–H groups in total. The molecule has 0 bridgehead atoms. The van der Waals surface area contributed by atoms with Gasteiger partial charge in [0.25, 0.3) is 0 Å². The second kappa shape index (κ2) is 6.22. The summed E-state index contributed by atoms with van der Waals surface area (Å²) in [5.74, 6) is 0. The molecule has 2 saturated heterocycles. The Hall–Kier alpha value is -0.660. The average Bonchev–Trinajstić information content (AvgIpc) is 3.02. The first-order chi connectivity index (χ1) is 10.1. The highest BCUT2D eigenvalue weighted by Crippen LogP contribution is 2.30. The van der Waals surface area contributed by atoms with Gasteiger partial charge in [-0.05, 0) is 37.1 Å². The van der Waals surface area contributed by atoms with E-state index >= 15 is 0 Å². The van der Waals surface area contributed by atoms with Crippen molar-refractivity contribution in [3.8, 4) is 0 Å². The van der Waals surface area contributed by atoms with Crippen LogP contribution in [-0.4, -0.2) is 44.8 Å². The quantitative estimate of drug-likeness (QED) is 0.852. The van der Waals surface area contributed by atoms with E-state index in [9.17, 15) is 8.42 Å². The summed E-state index contributed by atoms with van der Waals surface area (Å²) in [6.45, 7) is 1.55. The fraction of sp³-hybridized carbons (Fsp3) is 0.571. The smallest absolute Gasteiger partial charge is 0.243 e. The third kappa shape index (κ3) is 3.10. The number of hydrogen-bond donors (Lipinski definition) is 0. The second-order valence-electron chi connectivity index (χ2n) is 5.24. The zero-order valence-corrected chi connectivity index (χ0v) is 13.1. The van der Waals surface area contributed by atoms with Crippen LogP contribution in [0.25, 0.3) is 0 Å². The van der Waals surface area contributed by atoms with Crippen molar-refractivity contribution in [3.05, 3.63) is 29.3 Å². The van der Waals surface area contributed by atoms with E-state index in [-0.39, 0.29) is 10.9 Å². The zero-order chi connectivity index (χ0) is 14.9. The molecule has 0 aliphatic carbocycles. The molecule has 1 aromatic carbocycles. The fourth-order valence-electron chi connectivity index (χ4n) is 2.84. The standard InChI is InChI=1S/C14H18ClNO4S/c15-11-4-6-12(7-5-11)21(17,18)16-8-2-1-3-13(16)14-19-9-10-20-14/h4-7,13-14H,1-3,8-10H2. The Bertz CT molecular complexity index is 583. The summed E-state index contributed by atoms with van der Waals surface area (Å²) in [5, 5.41) is 0.520. The van der Waals surface area contributed by atoms with Gasteiger partial charge < -0.3 is 9.47 Å². The highest BCUT2D eigenvalue weighted by molar-refractivity contribution is 7.89. The van der Waals surface area contributed by atoms with E-state index in [1.54, 1.807) is 24.3 Å². The molecule has 0 saturated carbocycles. The summed E-state index contributed by atoms with van der Waals surface area (Å²) >= 11 is 5.83. The van der Waals surface area contributed by atoms with Crippen LogP contribution >= 0.6 is 11.6 Å². The van der Waals surface area contributed by atoms with Gasteiger partial charge in [0.2, 0.25) is 10.0 Å². The summed E-state index contributed by atoms with van der Waals surface area (Å²) in [4.78, 5) is 0.261. The van der Waals surface area contributed by atoms with E-state index in [1.807, 2.05) is 0 Å². The van der Waals surface area contributed by atoms with Crippen molar-refractivity contribution in [2.75, 3.05) is 19.8 Å². The molecule has 0 radical (unpaired) electrons. The Kier molecular flexibility index (Phi) is 4.51. The summed E-state index contributed by atoms with van der Waals surface area (Å²) in [6.07, 6.45) is 2.15. The first-order valence-corrected chi connectivity index (χ1v) is 8.91.